The fourth-order valence-electron chi connectivity index (χ4n) is 7.70. The molecule has 2 aromatic rings. The van der Waals surface area contributed by atoms with Crippen LogP contribution in [0.1, 0.15) is 140 Å². The van der Waals surface area contributed by atoms with E-state index in [2.05, 4.69) is 59.2 Å². The maximum absolute atomic E-state index is 5.31. The summed E-state index contributed by atoms with van der Waals surface area (Å²) in [4.78, 5) is 10.6. The molecule has 0 bridgehead atoms. The van der Waals surface area contributed by atoms with Crippen molar-refractivity contribution >= 4 is 11.7 Å². The molecule has 0 spiro atoms. The van der Waals surface area contributed by atoms with Gasteiger partial charge in [0.15, 0.2) is 0 Å². The van der Waals surface area contributed by atoms with Crippen molar-refractivity contribution < 1.29 is 0 Å². The SMILES string of the molecule is c1cc(-c2ccc(C(=NC3CCCCC3)NC3CCCCC3)cc2)ccc1C(=NC1CCCCC1)NC1CCCCC1. The number of aliphatic imine (C=N–C) groups is 2. The lowest BCUT2D eigenvalue weighted by Gasteiger charge is -2.27. The molecule has 0 aromatic heterocycles. The lowest BCUT2D eigenvalue weighted by atomic mass is 9.94. The van der Waals surface area contributed by atoms with Gasteiger partial charge in [-0.2, -0.15) is 0 Å². The highest BCUT2D eigenvalue weighted by Crippen LogP contribution is 2.26. The second-order valence-corrected chi connectivity index (χ2v) is 13.7. The molecular weight excluding hydrogens is 512 g/mol. The Balaban J connectivity index is 1.18. The van der Waals surface area contributed by atoms with Gasteiger partial charge in [0.2, 0.25) is 0 Å². The van der Waals surface area contributed by atoms with Crippen molar-refractivity contribution in [2.75, 3.05) is 0 Å². The first kappa shape index (κ1) is 29.5. The monoisotopic (exact) mass is 566 g/mol. The van der Waals surface area contributed by atoms with Crippen molar-refractivity contribution in [1.29, 1.82) is 0 Å². The van der Waals surface area contributed by atoms with Crippen LogP contribution in [0.3, 0.4) is 0 Å². The van der Waals surface area contributed by atoms with Gasteiger partial charge in [-0.3, -0.25) is 9.98 Å². The van der Waals surface area contributed by atoms with E-state index in [1.807, 2.05) is 0 Å². The number of nitrogens with one attached hydrogen (secondary N) is 2. The summed E-state index contributed by atoms with van der Waals surface area (Å²) in [5, 5.41) is 7.79. The summed E-state index contributed by atoms with van der Waals surface area (Å²) in [6, 6.07) is 20.4. The molecule has 0 atom stereocenters. The smallest absolute Gasteiger partial charge is 0.128 e. The van der Waals surface area contributed by atoms with Crippen LogP contribution in [-0.4, -0.2) is 35.8 Å². The van der Waals surface area contributed by atoms with Gasteiger partial charge < -0.3 is 10.6 Å². The molecule has 0 heterocycles. The zero-order chi connectivity index (χ0) is 28.4. The third-order valence-corrected chi connectivity index (χ3v) is 10.3. The standard InChI is InChI=1S/C38H54N4/c1-5-13-33(14-6-1)39-37(40-34-15-7-2-8-16-34)31-25-21-29(22-26-31)30-23-27-32(28-24-30)38(41-35-17-9-3-10-18-35)42-36-19-11-4-12-20-36/h21-28,33-36H,1-20H2,(H,39,40)(H,41,42). The van der Waals surface area contributed by atoms with Crippen molar-refractivity contribution in [3.05, 3.63) is 59.7 Å². The van der Waals surface area contributed by atoms with Crippen LogP contribution >= 0.6 is 0 Å². The van der Waals surface area contributed by atoms with E-state index in [1.54, 1.807) is 0 Å². The number of rotatable bonds is 7. The molecule has 226 valence electrons. The summed E-state index contributed by atoms with van der Waals surface area (Å²) in [5.41, 5.74) is 5.02. The van der Waals surface area contributed by atoms with Crippen LogP contribution < -0.4 is 10.6 Å². The summed E-state index contributed by atoms with van der Waals surface area (Å²) in [6.45, 7) is 0. The molecule has 0 radical (unpaired) electrons. The Hall–Kier alpha value is -2.62. The molecule has 4 saturated carbocycles. The second kappa shape index (κ2) is 15.2. The fourth-order valence-corrected chi connectivity index (χ4v) is 7.70. The van der Waals surface area contributed by atoms with Crippen molar-refractivity contribution in [2.24, 2.45) is 9.98 Å². The van der Waals surface area contributed by atoms with Crippen molar-refractivity contribution in [3.8, 4) is 11.1 Å². The third-order valence-electron chi connectivity index (χ3n) is 10.3. The lowest BCUT2D eigenvalue weighted by molar-refractivity contribution is 0.409. The Labute approximate surface area is 255 Å². The fraction of sp³-hybridized carbons (Fsp3) is 0.632. The first-order valence-corrected chi connectivity index (χ1v) is 17.7. The largest absolute Gasteiger partial charge is 0.367 e. The van der Waals surface area contributed by atoms with Gasteiger partial charge in [-0.05, 0) is 62.5 Å². The summed E-state index contributed by atoms with van der Waals surface area (Å²) in [6.07, 6.45) is 26.2. The summed E-state index contributed by atoms with van der Waals surface area (Å²) in [7, 11) is 0. The molecule has 42 heavy (non-hydrogen) atoms. The molecule has 2 N–H and O–H groups in total. The van der Waals surface area contributed by atoms with Gasteiger partial charge in [0.05, 0.1) is 12.1 Å². The van der Waals surface area contributed by atoms with E-state index in [0.29, 0.717) is 24.2 Å². The Kier molecular flexibility index (Phi) is 10.7. The number of amidine groups is 2. The van der Waals surface area contributed by atoms with E-state index in [4.69, 9.17) is 9.98 Å². The molecule has 4 aliphatic carbocycles. The Morgan fingerprint density at radius 2 is 0.714 bits per heavy atom. The van der Waals surface area contributed by atoms with Crippen LogP contribution in [0.5, 0.6) is 0 Å². The highest BCUT2D eigenvalue weighted by atomic mass is 15.0. The molecular formula is C38H54N4. The highest BCUT2D eigenvalue weighted by Gasteiger charge is 2.20. The first-order valence-electron chi connectivity index (χ1n) is 17.7. The van der Waals surface area contributed by atoms with Crippen LogP contribution in [-0.2, 0) is 0 Å². The highest BCUT2D eigenvalue weighted by molar-refractivity contribution is 6.00. The van der Waals surface area contributed by atoms with Gasteiger partial charge in [0.25, 0.3) is 0 Å². The van der Waals surface area contributed by atoms with E-state index in [0.717, 1.165) is 11.7 Å². The molecule has 0 unspecified atom stereocenters. The van der Waals surface area contributed by atoms with Gasteiger partial charge in [-0.15, -0.1) is 0 Å². The molecule has 0 saturated heterocycles. The van der Waals surface area contributed by atoms with Crippen molar-refractivity contribution in [1.82, 2.24) is 10.6 Å². The van der Waals surface area contributed by atoms with Gasteiger partial charge >= 0.3 is 0 Å². The lowest BCUT2D eigenvalue weighted by Crippen LogP contribution is -2.37. The molecule has 2 aromatic carbocycles. The van der Waals surface area contributed by atoms with Gasteiger partial charge in [-0.1, -0.05) is 126 Å². The quantitative estimate of drug-likeness (QED) is 0.259. The van der Waals surface area contributed by atoms with Crippen molar-refractivity contribution in [3.63, 3.8) is 0 Å². The normalized spacial score (nSPS) is 22.7. The number of benzene rings is 2. The van der Waals surface area contributed by atoms with Crippen LogP contribution in [0.25, 0.3) is 11.1 Å². The summed E-state index contributed by atoms with van der Waals surface area (Å²) < 4.78 is 0. The number of hydrogen-bond acceptors (Lipinski definition) is 2. The van der Waals surface area contributed by atoms with E-state index < -0.39 is 0 Å². The van der Waals surface area contributed by atoms with Gasteiger partial charge in [0, 0.05) is 23.2 Å². The average molecular weight is 567 g/mol. The van der Waals surface area contributed by atoms with E-state index >= 15 is 0 Å². The predicted octanol–water partition coefficient (Wildman–Crippen LogP) is 9.36. The van der Waals surface area contributed by atoms with Crippen molar-refractivity contribution in [2.45, 2.75) is 153 Å². The number of nitrogens with zero attached hydrogens (tertiary/aromatic N) is 2. The minimum atomic E-state index is 0.476. The molecule has 0 amide bonds. The Morgan fingerprint density at radius 1 is 0.405 bits per heavy atom. The van der Waals surface area contributed by atoms with Gasteiger partial charge in [-0.25, -0.2) is 0 Å². The van der Waals surface area contributed by atoms with E-state index in [1.165, 1.54) is 151 Å². The topological polar surface area (TPSA) is 48.8 Å². The zero-order valence-corrected chi connectivity index (χ0v) is 26.0. The van der Waals surface area contributed by atoms with Crippen LogP contribution in [0.15, 0.2) is 58.5 Å². The van der Waals surface area contributed by atoms with E-state index in [-0.39, 0.29) is 0 Å². The van der Waals surface area contributed by atoms with E-state index in [9.17, 15) is 0 Å². The minimum Gasteiger partial charge on any atom is -0.367 e. The zero-order valence-electron chi connectivity index (χ0n) is 26.0. The maximum Gasteiger partial charge on any atom is 0.128 e. The third kappa shape index (κ3) is 8.26. The number of hydrogen-bond donors (Lipinski definition) is 2. The predicted molar refractivity (Wildman–Crippen MR) is 179 cm³/mol. The first-order chi connectivity index (χ1) is 20.8. The Morgan fingerprint density at radius 3 is 1.05 bits per heavy atom. The summed E-state index contributed by atoms with van der Waals surface area (Å²) in [5.74, 6) is 2.26. The molecule has 4 aliphatic rings. The van der Waals surface area contributed by atoms with Crippen LogP contribution in [0.4, 0.5) is 0 Å². The minimum absolute atomic E-state index is 0.476. The molecule has 4 fully saturated rings. The maximum atomic E-state index is 5.31. The van der Waals surface area contributed by atoms with Crippen LogP contribution in [0.2, 0.25) is 0 Å². The second-order valence-electron chi connectivity index (χ2n) is 13.7. The molecule has 4 heteroatoms. The molecule has 6 rings (SSSR count). The Bertz CT molecular complexity index is 1050. The van der Waals surface area contributed by atoms with Gasteiger partial charge in [0.1, 0.15) is 11.7 Å². The molecule has 4 nitrogen and oxygen atoms in total. The average Bonchev–Trinajstić information content (AvgIpc) is 3.06. The van der Waals surface area contributed by atoms with Crippen LogP contribution in [0, 0.1) is 0 Å². The summed E-state index contributed by atoms with van der Waals surface area (Å²) >= 11 is 0. The molecule has 0 aliphatic heterocycles.